The molecule has 18 heavy (non-hydrogen) atoms. The highest BCUT2D eigenvalue weighted by Gasteiger charge is 2.29. The number of nitrogens with one attached hydrogen (secondary N) is 1. The van der Waals surface area contributed by atoms with Crippen LogP contribution in [0.1, 0.15) is 27.7 Å². The molecule has 0 aliphatic heterocycles. The molecule has 1 aliphatic carbocycles. The minimum Gasteiger partial charge on any atom is -0.484 e. The van der Waals surface area contributed by atoms with E-state index in [1.807, 2.05) is 6.92 Å². The lowest BCUT2D eigenvalue weighted by atomic mass is 9.92. The van der Waals surface area contributed by atoms with Crippen molar-refractivity contribution in [3.8, 4) is 16.3 Å². The maximum atomic E-state index is 11.3. The van der Waals surface area contributed by atoms with Gasteiger partial charge in [-0.1, -0.05) is 11.3 Å². The summed E-state index contributed by atoms with van der Waals surface area (Å²) < 4.78 is 5.57. The molecule has 6 heteroatoms. The third kappa shape index (κ3) is 1.53. The molecule has 2 heterocycles. The zero-order valence-electron chi connectivity index (χ0n) is 9.82. The van der Waals surface area contributed by atoms with Crippen molar-refractivity contribution in [2.75, 3.05) is 6.61 Å². The number of thiophene rings is 1. The zero-order valence-corrected chi connectivity index (χ0v) is 10.6. The van der Waals surface area contributed by atoms with Crippen LogP contribution in [0.4, 0.5) is 0 Å². The number of rotatable bonds is 3. The first-order valence-electron chi connectivity index (χ1n) is 5.76. The summed E-state index contributed by atoms with van der Waals surface area (Å²) in [5.74, 6) is -0.884. The molecule has 0 saturated carbocycles. The van der Waals surface area contributed by atoms with Crippen LogP contribution in [0, 0.1) is 0 Å². The minimum atomic E-state index is -0.884. The fourth-order valence-electron chi connectivity index (χ4n) is 2.32. The summed E-state index contributed by atoms with van der Waals surface area (Å²) in [6, 6.07) is 0. The molecular formula is C12H12N2O3S. The van der Waals surface area contributed by atoms with Crippen LogP contribution in [0.5, 0.6) is 5.06 Å². The van der Waals surface area contributed by atoms with Crippen molar-refractivity contribution in [1.82, 2.24) is 10.2 Å². The molecule has 0 amide bonds. The van der Waals surface area contributed by atoms with Gasteiger partial charge in [0, 0.05) is 0 Å². The number of carbonyl (C=O) groups is 1. The van der Waals surface area contributed by atoms with Crippen molar-refractivity contribution in [2.24, 2.45) is 0 Å². The normalized spacial score (nSPS) is 12.9. The van der Waals surface area contributed by atoms with Gasteiger partial charge in [-0.05, 0) is 30.9 Å². The molecule has 0 fully saturated rings. The van der Waals surface area contributed by atoms with Gasteiger partial charge in [-0.25, -0.2) is 4.79 Å². The van der Waals surface area contributed by atoms with Crippen LogP contribution in [0.2, 0.25) is 0 Å². The first kappa shape index (κ1) is 11.3. The summed E-state index contributed by atoms with van der Waals surface area (Å²) in [5, 5.41) is 16.9. The Bertz CT molecular complexity index is 615. The van der Waals surface area contributed by atoms with Gasteiger partial charge in [0.05, 0.1) is 24.1 Å². The van der Waals surface area contributed by atoms with Gasteiger partial charge in [-0.3, -0.25) is 5.10 Å². The SMILES string of the molecule is CCOc1sc(C(=O)O)c2c1-c1[nH]ncc1CC2. The fourth-order valence-corrected chi connectivity index (χ4v) is 3.42. The molecule has 2 aromatic heterocycles. The second kappa shape index (κ2) is 4.13. The van der Waals surface area contributed by atoms with Crippen molar-refractivity contribution in [2.45, 2.75) is 19.8 Å². The van der Waals surface area contributed by atoms with E-state index >= 15 is 0 Å². The molecule has 0 bridgehead atoms. The number of aromatic amines is 1. The van der Waals surface area contributed by atoms with Crippen LogP contribution in [-0.2, 0) is 12.8 Å². The summed E-state index contributed by atoms with van der Waals surface area (Å²) >= 11 is 1.21. The quantitative estimate of drug-likeness (QED) is 0.892. The number of carboxylic acid groups (broad SMARTS) is 1. The molecule has 0 saturated heterocycles. The molecule has 2 aromatic rings. The molecule has 0 aromatic carbocycles. The molecule has 3 rings (SSSR count). The number of aryl methyl sites for hydroxylation is 1. The van der Waals surface area contributed by atoms with Crippen LogP contribution in [0.25, 0.3) is 11.3 Å². The number of H-pyrrole nitrogens is 1. The highest BCUT2D eigenvalue weighted by Crippen LogP contribution is 2.46. The van der Waals surface area contributed by atoms with E-state index in [2.05, 4.69) is 10.2 Å². The number of aromatic nitrogens is 2. The molecule has 0 radical (unpaired) electrons. The van der Waals surface area contributed by atoms with Gasteiger partial charge in [-0.2, -0.15) is 5.10 Å². The van der Waals surface area contributed by atoms with Crippen LogP contribution >= 0.6 is 11.3 Å². The maximum absolute atomic E-state index is 11.3. The van der Waals surface area contributed by atoms with Crippen molar-refractivity contribution in [1.29, 1.82) is 0 Å². The summed E-state index contributed by atoms with van der Waals surface area (Å²) in [7, 11) is 0. The second-order valence-corrected chi connectivity index (χ2v) is 5.06. The highest BCUT2D eigenvalue weighted by molar-refractivity contribution is 7.16. The van der Waals surface area contributed by atoms with E-state index in [0.29, 0.717) is 16.5 Å². The van der Waals surface area contributed by atoms with E-state index in [9.17, 15) is 9.90 Å². The van der Waals surface area contributed by atoms with Crippen molar-refractivity contribution >= 4 is 17.3 Å². The number of nitrogens with zero attached hydrogens (tertiary/aromatic N) is 1. The molecular weight excluding hydrogens is 252 g/mol. The summed E-state index contributed by atoms with van der Waals surface area (Å²) in [4.78, 5) is 11.7. The molecule has 0 unspecified atom stereocenters. The number of fused-ring (bicyclic) bond motifs is 3. The average Bonchev–Trinajstić information content (AvgIpc) is 2.92. The smallest absolute Gasteiger partial charge is 0.346 e. The topological polar surface area (TPSA) is 75.2 Å². The van der Waals surface area contributed by atoms with E-state index in [1.165, 1.54) is 11.3 Å². The Balaban J connectivity index is 2.23. The summed E-state index contributed by atoms with van der Waals surface area (Å²) in [6.07, 6.45) is 3.35. The first-order chi connectivity index (χ1) is 8.72. The van der Waals surface area contributed by atoms with E-state index in [4.69, 9.17) is 4.74 Å². The van der Waals surface area contributed by atoms with Gasteiger partial charge in [-0.15, -0.1) is 0 Å². The maximum Gasteiger partial charge on any atom is 0.346 e. The Kier molecular flexibility index (Phi) is 2.59. The van der Waals surface area contributed by atoms with Crippen LogP contribution in [-0.4, -0.2) is 27.9 Å². The van der Waals surface area contributed by atoms with Crippen molar-refractivity contribution < 1.29 is 14.6 Å². The summed E-state index contributed by atoms with van der Waals surface area (Å²) in [6.45, 7) is 2.42. The Morgan fingerprint density at radius 3 is 3.17 bits per heavy atom. The Labute approximate surface area is 107 Å². The predicted molar refractivity (Wildman–Crippen MR) is 67.4 cm³/mol. The monoisotopic (exact) mass is 264 g/mol. The Morgan fingerprint density at radius 1 is 1.61 bits per heavy atom. The Hall–Kier alpha value is -1.82. The lowest BCUT2D eigenvalue weighted by molar-refractivity contribution is 0.0701. The molecule has 1 aliphatic rings. The minimum absolute atomic E-state index is 0.383. The van der Waals surface area contributed by atoms with Gasteiger partial charge in [0.1, 0.15) is 4.88 Å². The molecule has 2 N–H and O–H groups in total. The van der Waals surface area contributed by atoms with E-state index in [-0.39, 0.29) is 0 Å². The van der Waals surface area contributed by atoms with Gasteiger partial charge >= 0.3 is 5.97 Å². The summed E-state index contributed by atoms with van der Waals surface area (Å²) in [5.41, 5.74) is 3.78. The molecule has 94 valence electrons. The van der Waals surface area contributed by atoms with Crippen LogP contribution < -0.4 is 4.74 Å². The standard InChI is InChI=1S/C12H12N2O3S/c1-2-17-12-8-7(10(18-12)11(15)16)4-3-6-5-13-14-9(6)8/h5H,2-4H2,1H3,(H,13,14)(H,15,16). The Morgan fingerprint density at radius 2 is 2.44 bits per heavy atom. The van der Waals surface area contributed by atoms with E-state index < -0.39 is 5.97 Å². The van der Waals surface area contributed by atoms with Gasteiger partial charge in [0.15, 0.2) is 5.06 Å². The number of hydrogen-bond acceptors (Lipinski definition) is 4. The lowest BCUT2D eigenvalue weighted by Gasteiger charge is -2.13. The third-order valence-electron chi connectivity index (χ3n) is 3.06. The van der Waals surface area contributed by atoms with Crippen LogP contribution in [0.3, 0.4) is 0 Å². The molecule has 0 spiro atoms. The molecule has 0 atom stereocenters. The average molecular weight is 264 g/mol. The van der Waals surface area contributed by atoms with Gasteiger partial charge in [0.25, 0.3) is 0 Å². The van der Waals surface area contributed by atoms with Crippen molar-refractivity contribution in [3.63, 3.8) is 0 Å². The number of hydrogen-bond donors (Lipinski definition) is 2. The van der Waals surface area contributed by atoms with Gasteiger partial charge < -0.3 is 9.84 Å². The second-order valence-electron chi connectivity index (χ2n) is 4.08. The van der Waals surface area contributed by atoms with E-state index in [0.717, 1.165) is 35.2 Å². The first-order valence-corrected chi connectivity index (χ1v) is 6.58. The number of carboxylic acids is 1. The predicted octanol–water partition coefficient (Wildman–Crippen LogP) is 2.33. The van der Waals surface area contributed by atoms with E-state index in [1.54, 1.807) is 6.20 Å². The van der Waals surface area contributed by atoms with Gasteiger partial charge in [0.2, 0.25) is 0 Å². The number of ether oxygens (including phenoxy) is 1. The largest absolute Gasteiger partial charge is 0.484 e. The highest BCUT2D eigenvalue weighted by atomic mass is 32.1. The van der Waals surface area contributed by atoms with Crippen molar-refractivity contribution in [3.05, 3.63) is 22.2 Å². The zero-order chi connectivity index (χ0) is 12.7. The van der Waals surface area contributed by atoms with Crippen LogP contribution in [0.15, 0.2) is 6.20 Å². The number of aromatic carboxylic acids is 1. The third-order valence-corrected chi connectivity index (χ3v) is 4.19. The fraction of sp³-hybridized carbons (Fsp3) is 0.333. The lowest BCUT2D eigenvalue weighted by Crippen LogP contribution is -2.06. The molecule has 5 nitrogen and oxygen atoms in total.